The summed E-state index contributed by atoms with van der Waals surface area (Å²) >= 11 is 0. The second kappa shape index (κ2) is 8.47. The SMILES string of the molecule is C=CCNC(=O)c1cc(C(=O)NCc2ccccc2OC)ccn1. The highest BCUT2D eigenvalue weighted by Gasteiger charge is 2.12. The molecular weight excluding hydrogens is 306 g/mol. The van der Waals surface area contributed by atoms with E-state index in [0.29, 0.717) is 24.4 Å². The molecule has 124 valence electrons. The average Bonchev–Trinajstić information content (AvgIpc) is 2.64. The highest BCUT2D eigenvalue weighted by molar-refractivity contribution is 5.98. The Morgan fingerprint density at radius 3 is 2.75 bits per heavy atom. The average molecular weight is 325 g/mol. The summed E-state index contributed by atoms with van der Waals surface area (Å²) in [6, 6.07) is 10.5. The highest BCUT2D eigenvalue weighted by Crippen LogP contribution is 2.16. The highest BCUT2D eigenvalue weighted by atomic mass is 16.5. The van der Waals surface area contributed by atoms with Crippen molar-refractivity contribution in [1.29, 1.82) is 0 Å². The van der Waals surface area contributed by atoms with Crippen molar-refractivity contribution in [3.63, 3.8) is 0 Å². The van der Waals surface area contributed by atoms with Crippen LogP contribution in [0.5, 0.6) is 5.75 Å². The minimum atomic E-state index is -0.353. The summed E-state index contributed by atoms with van der Waals surface area (Å²) in [5.74, 6) is 0.0624. The number of hydrogen-bond acceptors (Lipinski definition) is 4. The summed E-state index contributed by atoms with van der Waals surface area (Å²) in [6.07, 6.45) is 3.00. The molecule has 0 aliphatic carbocycles. The Morgan fingerprint density at radius 1 is 1.21 bits per heavy atom. The van der Waals surface area contributed by atoms with E-state index in [-0.39, 0.29) is 17.5 Å². The third-order valence-electron chi connectivity index (χ3n) is 3.29. The molecule has 0 bridgehead atoms. The lowest BCUT2D eigenvalue weighted by atomic mass is 10.1. The molecule has 0 radical (unpaired) electrons. The van der Waals surface area contributed by atoms with Gasteiger partial charge in [-0.3, -0.25) is 14.6 Å². The second-order valence-electron chi connectivity index (χ2n) is 4.92. The Balaban J connectivity index is 2.04. The molecule has 0 aliphatic heterocycles. The molecule has 1 heterocycles. The van der Waals surface area contributed by atoms with E-state index in [2.05, 4.69) is 22.2 Å². The van der Waals surface area contributed by atoms with Gasteiger partial charge in [0.2, 0.25) is 0 Å². The first-order valence-electron chi connectivity index (χ1n) is 7.41. The van der Waals surface area contributed by atoms with Crippen molar-refractivity contribution in [3.8, 4) is 5.75 Å². The van der Waals surface area contributed by atoms with Crippen LogP contribution >= 0.6 is 0 Å². The lowest BCUT2D eigenvalue weighted by Gasteiger charge is -2.10. The number of pyridine rings is 1. The van der Waals surface area contributed by atoms with Gasteiger partial charge in [0, 0.05) is 30.4 Å². The molecule has 0 saturated heterocycles. The Labute approximate surface area is 140 Å². The van der Waals surface area contributed by atoms with Gasteiger partial charge in [-0.2, -0.15) is 0 Å². The smallest absolute Gasteiger partial charge is 0.270 e. The van der Waals surface area contributed by atoms with Crippen LogP contribution < -0.4 is 15.4 Å². The molecule has 1 aromatic heterocycles. The number of nitrogens with zero attached hydrogens (tertiary/aromatic N) is 1. The molecule has 0 fully saturated rings. The van der Waals surface area contributed by atoms with Crippen LogP contribution in [-0.2, 0) is 6.54 Å². The van der Waals surface area contributed by atoms with Crippen molar-refractivity contribution < 1.29 is 14.3 Å². The van der Waals surface area contributed by atoms with E-state index >= 15 is 0 Å². The Kier molecular flexibility index (Phi) is 6.08. The number of nitrogens with one attached hydrogen (secondary N) is 2. The molecule has 2 N–H and O–H groups in total. The maximum Gasteiger partial charge on any atom is 0.270 e. The van der Waals surface area contributed by atoms with Crippen LogP contribution in [0.3, 0.4) is 0 Å². The fourth-order valence-electron chi connectivity index (χ4n) is 2.08. The summed E-state index contributed by atoms with van der Waals surface area (Å²) in [4.78, 5) is 28.1. The molecule has 6 nitrogen and oxygen atoms in total. The first-order valence-corrected chi connectivity index (χ1v) is 7.41. The van der Waals surface area contributed by atoms with E-state index in [1.165, 1.54) is 12.3 Å². The van der Waals surface area contributed by atoms with Gasteiger partial charge in [-0.15, -0.1) is 6.58 Å². The molecule has 0 saturated carbocycles. The zero-order valence-corrected chi connectivity index (χ0v) is 13.4. The maximum atomic E-state index is 12.3. The van der Waals surface area contributed by atoms with Crippen LogP contribution in [0.15, 0.2) is 55.3 Å². The standard InChI is InChI=1S/C18H19N3O3/c1-3-9-20-18(23)15-11-13(8-10-19-15)17(22)21-12-14-6-4-5-7-16(14)24-2/h3-8,10-11H,1,9,12H2,2H3,(H,20,23)(H,21,22). The van der Waals surface area contributed by atoms with Crippen molar-refractivity contribution >= 4 is 11.8 Å². The van der Waals surface area contributed by atoms with Gasteiger partial charge in [0.15, 0.2) is 0 Å². The Morgan fingerprint density at radius 2 is 2.00 bits per heavy atom. The van der Waals surface area contributed by atoms with Gasteiger partial charge in [-0.25, -0.2) is 0 Å². The van der Waals surface area contributed by atoms with Crippen molar-refractivity contribution in [3.05, 3.63) is 72.1 Å². The minimum Gasteiger partial charge on any atom is -0.496 e. The lowest BCUT2D eigenvalue weighted by Crippen LogP contribution is -2.26. The van der Waals surface area contributed by atoms with Gasteiger partial charge in [-0.1, -0.05) is 24.3 Å². The van der Waals surface area contributed by atoms with Gasteiger partial charge in [0.25, 0.3) is 11.8 Å². The minimum absolute atomic E-state index is 0.182. The zero-order valence-electron chi connectivity index (χ0n) is 13.4. The number of hydrogen-bond donors (Lipinski definition) is 2. The first-order chi connectivity index (χ1) is 11.7. The maximum absolute atomic E-state index is 12.3. The zero-order chi connectivity index (χ0) is 17.4. The van der Waals surface area contributed by atoms with Gasteiger partial charge in [0.05, 0.1) is 7.11 Å². The summed E-state index contributed by atoms with van der Waals surface area (Å²) in [7, 11) is 1.58. The molecule has 0 spiro atoms. The lowest BCUT2D eigenvalue weighted by molar-refractivity contribution is 0.0950. The van der Waals surface area contributed by atoms with E-state index in [1.54, 1.807) is 19.3 Å². The van der Waals surface area contributed by atoms with Crippen LogP contribution in [0.25, 0.3) is 0 Å². The number of para-hydroxylation sites is 1. The van der Waals surface area contributed by atoms with Crippen LogP contribution in [0.2, 0.25) is 0 Å². The van der Waals surface area contributed by atoms with Crippen molar-refractivity contribution in [2.24, 2.45) is 0 Å². The van der Waals surface area contributed by atoms with Gasteiger partial charge >= 0.3 is 0 Å². The Hall–Kier alpha value is -3.15. The van der Waals surface area contributed by atoms with Crippen LogP contribution in [0.1, 0.15) is 26.4 Å². The molecule has 0 atom stereocenters. The number of carbonyl (C=O) groups is 2. The van der Waals surface area contributed by atoms with Crippen molar-refractivity contribution in [1.82, 2.24) is 15.6 Å². The molecular formula is C18H19N3O3. The quantitative estimate of drug-likeness (QED) is 0.762. The molecule has 6 heteroatoms. The molecule has 0 aliphatic rings. The predicted molar refractivity (Wildman–Crippen MR) is 90.9 cm³/mol. The number of methoxy groups -OCH3 is 1. The number of ether oxygens (including phenoxy) is 1. The predicted octanol–water partition coefficient (Wildman–Crippen LogP) is 1.94. The third kappa shape index (κ3) is 4.42. The summed E-state index contributed by atoms with van der Waals surface area (Å²) in [5, 5.41) is 5.42. The fourth-order valence-corrected chi connectivity index (χ4v) is 2.08. The molecule has 1 aromatic carbocycles. The molecule has 2 rings (SSSR count). The van der Waals surface area contributed by atoms with Crippen LogP contribution in [0.4, 0.5) is 0 Å². The van der Waals surface area contributed by atoms with Gasteiger partial charge < -0.3 is 15.4 Å². The van der Waals surface area contributed by atoms with Gasteiger partial charge in [0.1, 0.15) is 11.4 Å². The molecule has 0 unspecified atom stereocenters. The Bertz CT molecular complexity index is 744. The van der Waals surface area contributed by atoms with E-state index < -0.39 is 0 Å². The van der Waals surface area contributed by atoms with Crippen molar-refractivity contribution in [2.45, 2.75) is 6.54 Å². The number of benzene rings is 1. The number of amides is 2. The van der Waals surface area contributed by atoms with E-state index in [1.807, 2.05) is 24.3 Å². The van der Waals surface area contributed by atoms with Crippen molar-refractivity contribution in [2.75, 3.05) is 13.7 Å². The first kappa shape index (κ1) is 17.2. The topological polar surface area (TPSA) is 80.3 Å². The van der Waals surface area contributed by atoms with E-state index in [0.717, 1.165) is 5.56 Å². The van der Waals surface area contributed by atoms with E-state index in [9.17, 15) is 9.59 Å². The normalized spacial score (nSPS) is 9.88. The molecule has 2 amide bonds. The van der Waals surface area contributed by atoms with Crippen LogP contribution in [0, 0.1) is 0 Å². The summed E-state index contributed by atoms with van der Waals surface area (Å²) in [5.41, 5.74) is 1.41. The molecule has 24 heavy (non-hydrogen) atoms. The monoisotopic (exact) mass is 325 g/mol. The summed E-state index contributed by atoms with van der Waals surface area (Å²) < 4.78 is 5.25. The van der Waals surface area contributed by atoms with Gasteiger partial charge in [-0.05, 0) is 18.2 Å². The third-order valence-corrected chi connectivity index (χ3v) is 3.29. The van der Waals surface area contributed by atoms with Crippen LogP contribution in [-0.4, -0.2) is 30.5 Å². The molecule has 2 aromatic rings. The largest absolute Gasteiger partial charge is 0.496 e. The fraction of sp³-hybridized carbons (Fsp3) is 0.167. The number of rotatable bonds is 7. The van der Waals surface area contributed by atoms with E-state index in [4.69, 9.17) is 4.74 Å². The number of carbonyl (C=O) groups excluding carboxylic acids is 2. The number of aromatic nitrogens is 1. The second-order valence-corrected chi connectivity index (χ2v) is 4.92. The summed E-state index contributed by atoms with van der Waals surface area (Å²) in [6.45, 7) is 4.19.